The van der Waals surface area contributed by atoms with Crippen molar-refractivity contribution in [2.45, 2.75) is 37.5 Å². The molecule has 1 fully saturated rings. The van der Waals surface area contributed by atoms with Crippen LogP contribution in [0.2, 0.25) is 4.34 Å². The van der Waals surface area contributed by atoms with Crippen molar-refractivity contribution < 1.29 is 4.79 Å². The average Bonchev–Trinajstić information content (AvgIpc) is 3.38. The Labute approximate surface area is 196 Å². The van der Waals surface area contributed by atoms with Crippen LogP contribution in [-0.4, -0.2) is 56.4 Å². The third-order valence-corrected chi connectivity index (χ3v) is 7.43. The highest BCUT2D eigenvalue weighted by Gasteiger charge is 2.20. The van der Waals surface area contributed by atoms with Crippen LogP contribution in [-0.2, 0) is 17.9 Å². The molecule has 0 radical (unpaired) electrons. The summed E-state index contributed by atoms with van der Waals surface area (Å²) in [5.74, 6) is 1.28. The number of likely N-dealkylation sites (tertiary alicyclic amines) is 1. The van der Waals surface area contributed by atoms with Gasteiger partial charge in [0.25, 0.3) is 0 Å². The first-order chi connectivity index (χ1) is 15.1. The molecule has 0 saturated carbocycles. The Balaban J connectivity index is 1.46. The third kappa shape index (κ3) is 5.88. The first kappa shape index (κ1) is 22.3. The number of nitrogens with zero attached hydrogens (tertiary/aromatic N) is 5. The highest BCUT2D eigenvalue weighted by atomic mass is 35.5. The molecule has 2 aromatic heterocycles. The average molecular weight is 476 g/mol. The maximum atomic E-state index is 12.7. The van der Waals surface area contributed by atoms with Crippen molar-refractivity contribution in [3.63, 3.8) is 0 Å². The number of thiophene rings is 1. The van der Waals surface area contributed by atoms with Gasteiger partial charge >= 0.3 is 0 Å². The van der Waals surface area contributed by atoms with E-state index in [0.717, 1.165) is 45.5 Å². The number of rotatable bonds is 8. The van der Waals surface area contributed by atoms with E-state index in [1.54, 1.807) is 4.90 Å². The van der Waals surface area contributed by atoms with Crippen LogP contribution >= 0.6 is 34.7 Å². The van der Waals surface area contributed by atoms with Crippen molar-refractivity contribution in [3.8, 4) is 5.69 Å². The Morgan fingerprint density at radius 2 is 1.90 bits per heavy atom. The molecular weight excluding hydrogens is 450 g/mol. The van der Waals surface area contributed by atoms with Gasteiger partial charge in [-0.3, -0.25) is 14.3 Å². The number of thioether (sulfide) groups is 1. The standard InChI is InChI=1S/C22H26ClN5OS2/c1-26(14-18-10-11-19(23)31-18)21(29)16-30-22-25-24-20(15-27-12-6-3-7-13-27)28(22)17-8-4-2-5-9-17/h2,4-5,8-11H,3,6-7,12-16H2,1H3. The predicted molar refractivity (Wildman–Crippen MR) is 127 cm³/mol. The molecule has 1 amide bonds. The molecule has 0 spiro atoms. The van der Waals surface area contributed by atoms with Gasteiger partial charge in [-0.1, -0.05) is 48.0 Å². The van der Waals surface area contributed by atoms with Gasteiger partial charge in [-0.25, -0.2) is 0 Å². The largest absolute Gasteiger partial charge is 0.340 e. The summed E-state index contributed by atoms with van der Waals surface area (Å²) >= 11 is 8.94. The minimum Gasteiger partial charge on any atom is -0.340 e. The van der Waals surface area contributed by atoms with Gasteiger partial charge in [-0.15, -0.1) is 21.5 Å². The molecule has 1 saturated heterocycles. The Hall–Kier alpha value is -1.87. The van der Waals surface area contributed by atoms with Gasteiger partial charge in [0.1, 0.15) is 0 Å². The molecule has 0 aliphatic carbocycles. The minimum atomic E-state index is 0.0507. The van der Waals surface area contributed by atoms with Crippen molar-refractivity contribution in [2.75, 3.05) is 25.9 Å². The highest BCUT2D eigenvalue weighted by Crippen LogP contribution is 2.25. The normalized spacial score (nSPS) is 14.6. The molecule has 1 aliphatic heterocycles. The van der Waals surface area contributed by atoms with Crippen LogP contribution in [0.3, 0.4) is 0 Å². The molecule has 9 heteroatoms. The zero-order chi connectivity index (χ0) is 21.6. The molecule has 3 heterocycles. The summed E-state index contributed by atoms with van der Waals surface area (Å²) in [6.45, 7) is 3.53. The van der Waals surface area contributed by atoms with Gasteiger partial charge in [0.15, 0.2) is 11.0 Å². The summed E-state index contributed by atoms with van der Waals surface area (Å²) < 4.78 is 2.83. The van der Waals surface area contributed by atoms with E-state index in [4.69, 9.17) is 11.6 Å². The van der Waals surface area contributed by atoms with E-state index in [1.807, 2.05) is 37.4 Å². The maximum absolute atomic E-state index is 12.7. The number of hydrogen-bond donors (Lipinski definition) is 0. The van der Waals surface area contributed by atoms with Crippen LogP contribution in [0, 0.1) is 0 Å². The Bertz CT molecular complexity index is 1000. The lowest BCUT2D eigenvalue weighted by molar-refractivity contribution is -0.127. The zero-order valence-corrected chi connectivity index (χ0v) is 19.9. The number of hydrogen-bond acceptors (Lipinski definition) is 6. The number of piperidine rings is 1. The van der Waals surface area contributed by atoms with Crippen molar-refractivity contribution >= 4 is 40.6 Å². The van der Waals surface area contributed by atoms with Gasteiger partial charge in [-0.05, 0) is 50.2 Å². The SMILES string of the molecule is CN(Cc1ccc(Cl)s1)C(=O)CSc1nnc(CN2CCCCC2)n1-c1ccccc1. The summed E-state index contributed by atoms with van der Waals surface area (Å²) in [6, 6.07) is 14.0. The van der Waals surface area contributed by atoms with E-state index in [0.29, 0.717) is 12.3 Å². The fourth-order valence-electron chi connectivity index (χ4n) is 3.65. The molecule has 4 rings (SSSR count). The number of carbonyl (C=O) groups is 1. The van der Waals surface area contributed by atoms with Crippen molar-refractivity contribution in [1.29, 1.82) is 0 Å². The second-order valence-electron chi connectivity index (χ2n) is 7.65. The Kier molecular flexibility index (Phi) is 7.66. The van der Waals surface area contributed by atoms with Crippen LogP contribution in [0.15, 0.2) is 47.6 Å². The van der Waals surface area contributed by atoms with Gasteiger partial charge in [0, 0.05) is 17.6 Å². The fraction of sp³-hybridized carbons (Fsp3) is 0.409. The molecule has 6 nitrogen and oxygen atoms in total. The second-order valence-corrected chi connectivity index (χ2v) is 10.4. The molecule has 0 atom stereocenters. The topological polar surface area (TPSA) is 54.3 Å². The van der Waals surface area contributed by atoms with E-state index in [9.17, 15) is 4.79 Å². The number of carbonyl (C=O) groups excluding carboxylic acids is 1. The number of amides is 1. The van der Waals surface area contributed by atoms with E-state index in [2.05, 4.69) is 31.8 Å². The van der Waals surface area contributed by atoms with Gasteiger partial charge < -0.3 is 4.90 Å². The van der Waals surface area contributed by atoms with Crippen molar-refractivity contribution in [1.82, 2.24) is 24.6 Å². The summed E-state index contributed by atoms with van der Waals surface area (Å²) in [4.78, 5) is 17.9. The third-order valence-electron chi connectivity index (χ3n) is 5.30. The van der Waals surface area contributed by atoms with Crippen molar-refractivity contribution in [3.05, 3.63) is 57.5 Å². The molecule has 164 valence electrons. The molecule has 0 N–H and O–H groups in total. The van der Waals surface area contributed by atoms with Crippen LogP contribution in [0.1, 0.15) is 30.0 Å². The minimum absolute atomic E-state index is 0.0507. The second kappa shape index (κ2) is 10.6. The smallest absolute Gasteiger partial charge is 0.233 e. The Morgan fingerprint density at radius 3 is 2.61 bits per heavy atom. The lowest BCUT2D eigenvalue weighted by Gasteiger charge is -2.26. The van der Waals surface area contributed by atoms with Crippen LogP contribution in [0.5, 0.6) is 0 Å². The zero-order valence-electron chi connectivity index (χ0n) is 17.5. The lowest BCUT2D eigenvalue weighted by atomic mass is 10.1. The van der Waals surface area contributed by atoms with Crippen LogP contribution in [0.25, 0.3) is 5.69 Å². The molecule has 0 bridgehead atoms. The molecular formula is C22H26ClN5OS2. The van der Waals surface area contributed by atoms with Gasteiger partial charge in [0.2, 0.25) is 5.91 Å². The van der Waals surface area contributed by atoms with Gasteiger partial charge in [-0.2, -0.15) is 0 Å². The quantitative estimate of drug-likeness (QED) is 0.441. The van der Waals surface area contributed by atoms with E-state index in [-0.39, 0.29) is 5.91 Å². The Morgan fingerprint density at radius 1 is 1.13 bits per heavy atom. The number of para-hydroxylation sites is 1. The summed E-state index contributed by atoms with van der Waals surface area (Å²) in [7, 11) is 1.82. The first-order valence-corrected chi connectivity index (χ1v) is 12.6. The highest BCUT2D eigenvalue weighted by molar-refractivity contribution is 7.99. The number of benzene rings is 1. The fourth-order valence-corrected chi connectivity index (χ4v) is 5.70. The van der Waals surface area contributed by atoms with E-state index >= 15 is 0 Å². The molecule has 0 unspecified atom stereocenters. The van der Waals surface area contributed by atoms with Crippen molar-refractivity contribution in [2.24, 2.45) is 0 Å². The summed E-state index contributed by atoms with van der Waals surface area (Å²) in [5.41, 5.74) is 1.02. The molecule has 31 heavy (non-hydrogen) atoms. The van der Waals surface area contributed by atoms with E-state index < -0.39 is 0 Å². The first-order valence-electron chi connectivity index (χ1n) is 10.4. The maximum Gasteiger partial charge on any atom is 0.233 e. The molecule has 3 aromatic rings. The monoisotopic (exact) mass is 475 g/mol. The summed E-state index contributed by atoms with van der Waals surface area (Å²) in [6.07, 6.45) is 3.77. The molecule has 1 aromatic carbocycles. The van der Waals surface area contributed by atoms with Crippen LogP contribution in [0.4, 0.5) is 0 Å². The predicted octanol–water partition coefficient (Wildman–Crippen LogP) is 4.72. The molecule has 1 aliphatic rings. The van der Waals surface area contributed by atoms with Crippen LogP contribution < -0.4 is 0 Å². The number of aromatic nitrogens is 3. The summed E-state index contributed by atoms with van der Waals surface area (Å²) in [5, 5.41) is 9.68. The van der Waals surface area contributed by atoms with E-state index in [1.165, 1.54) is 42.4 Å². The lowest BCUT2D eigenvalue weighted by Crippen LogP contribution is -2.30. The van der Waals surface area contributed by atoms with Gasteiger partial charge in [0.05, 0.1) is 23.2 Å². The number of halogens is 1.